The standard InChI is InChI=1S/C35H73N/c1-5-9-11-13-15-17-19-20-21-22-23-24-25-27-29-31-33-35(7-3)36(8-4)34-32-30-28-26-18-16-14-12-10-6-2/h35H,5-34H2,1-4H3. The summed E-state index contributed by atoms with van der Waals surface area (Å²) in [5.41, 5.74) is 0. The van der Waals surface area contributed by atoms with Gasteiger partial charge in [0.2, 0.25) is 0 Å². The van der Waals surface area contributed by atoms with E-state index in [2.05, 4.69) is 32.6 Å². The SMILES string of the molecule is CCCCCCCCCCCCCCCCCCC(CC)N(CC)CCCCCCCCCCCC. The summed E-state index contributed by atoms with van der Waals surface area (Å²) in [7, 11) is 0. The zero-order valence-corrected chi connectivity index (χ0v) is 26.2. The lowest BCUT2D eigenvalue weighted by Crippen LogP contribution is -2.35. The summed E-state index contributed by atoms with van der Waals surface area (Å²) in [6.45, 7) is 12.0. The van der Waals surface area contributed by atoms with E-state index in [4.69, 9.17) is 0 Å². The summed E-state index contributed by atoms with van der Waals surface area (Å²) < 4.78 is 0. The van der Waals surface area contributed by atoms with Gasteiger partial charge in [-0.3, -0.25) is 0 Å². The summed E-state index contributed by atoms with van der Waals surface area (Å²) in [6.07, 6.45) is 40.7. The average molecular weight is 508 g/mol. The Balaban J connectivity index is 3.52. The Morgan fingerprint density at radius 3 is 0.972 bits per heavy atom. The Labute approximate surface area is 231 Å². The van der Waals surface area contributed by atoms with E-state index in [1.807, 2.05) is 0 Å². The fraction of sp³-hybridized carbons (Fsp3) is 1.00. The van der Waals surface area contributed by atoms with Crippen LogP contribution in [0.3, 0.4) is 0 Å². The van der Waals surface area contributed by atoms with Crippen molar-refractivity contribution in [2.75, 3.05) is 13.1 Å². The fourth-order valence-electron chi connectivity index (χ4n) is 5.97. The zero-order chi connectivity index (χ0) is 26.4. The number of rotatable bonds is 31. The monoisotopic (exact) mass is 508 g/mol. The summed E-state index contributed by atoms with van der Waals surface area (Å²) >= 11 is 0. The highest BCUT2D eigenvalue weighted by Crippen LogP contribution is 2.18. The second kappa shape index (κ2) is 31.2. The van der Waals surface area contributed by atoms with Crippen LogP contribution in [0.1, 0.15) is 207 Å². The quantitative estimate of drug-likeness (QED) is 0.0843. The number of unbranched alkanes of at least 4 members (excludes halogenated alkanes) is 24. The largest absolute Gasteiger partial charge is 0.301 e. The van der Waals surface area contributed by atoms with Crippen LogP contribution in [-0.4, -0.2) is 24.0 Å². The molecule has 0 saturated carbocycles. The van der Waals surface area contributed by atoms with Gasteiger partial charge in [-0.15, -0.1) is 0 Å². The molecule has 0 aliphatic carbocycles. The Bertz CT molecular complexity index is 379. The minimum absolute atomic E-state index is 0.834. The third-order valence-corrected chi connectivity index (χ3v) is 8.58. The van der Waals surface area contributed by atoms with Gasteiger partial charge in [-0.1, -0.05) is 188 Å². The molecule has 0 aliphatic rings. The van der Waals surface area contributed by atoms with Gasteiger partial charge in [0.05, 0.1) is 0 Å². The van der Waals surface area contributed by atoms with Gasteiger partial charge in [0, 0.05) is 6.04 Å². The highest BCUT2D eigenvalue weighted by molar-refractivity contribution is 4.70. The van der Waals surface area contributed by atoms with Crippen molar-refractivity contribution < 1.29 is 0 Å². The van der Waals surface area contributed by atoms with Gasteiger partial charge in [-0.05, 0) is 32.4 Å². The lowest BCUT2D eigenvalue weighted by molar-refractivity contribution is 0.183. The molecule has 0 aromatic carbocycles. The molecule has 0 aromatic rings. The lowest BCUT2D eigenvalue weighted by Gasteiger charge is -2.30. The first-order valence-electron chi connectivity index (χ1n) is 17.5. The number of nitrogens with zero attached hydrogens (tertiary/aromatic N) is 1. The maximum Gasteiger partial charge on any atom is 0.00925 e. The van der Waals surface area contributed by atoms with Crippen molar-refractivity contribution in [3.05, 3.63) is 0 Å². The minimum Gasteiger partial charge on any atom is -0.301 e. The van der Waals surface area contributed by atoms with Gasteiger partial charge < -0.3 is 4.90 Å². The third-order valence-electron chi connectivity index (χ3n) is 8.58. The molecule has 0 aliphatic heterocycles. The molecule has 0 radical (unpaired) electrons. The van der Waals surface area contributed by atoms with Gasteiger partial charge in [-0.25, -0.2) is 0 Å². The highest BCUT2D eigenvalue weighted by Gasteiger charge is 2.14. The van der Waals surface area contributed by atoms with Gasteiger partial charge >= 0.3 is 0 Å². The first-order valence-corrected chi connectivity index (χ1v) is 17.5. The topological polar surface area (TPSA) is 3.24 Å². The van der Waals surface area contributed by atoms with Crippen molar-refractivity contribution in [2.45, 2.75) is 214 Å². The molecular formula is C35H73N. The molecular weight excluding hydrogens is 434 g/mol. The number of hydrogen-bond donors (Lipinski definition) is 0. The van der Waals surface area contributed by atoms with Crippen LogP contribution in [0.2, 0.25) is 0 Å². The summed E-state index contributed by atoms with van der Waals surface area (Å²) in [6, 6.07) is 0.834. The van der Waals surface area contributed by atoms with Crippen LogP contribution >= 0.6 is 0 Å². The van der Waals surface area contributed by atoms with Crippen molar-refractivity contribution in [2.24, 2.45) is 0 Å². The molecule has 1 heteroatoms. The predicted octanol–water partition coefficient (Wildman–Crippen LogP) is 12.7. The maximum atomic E-state index is 2.80. The van der Waals surface area contributed by atoms with Gasteiger partial charge in [0.25, 0.3) is 0 Å². The molecule has 218 valence electrons. The van der Waals surface area contributed by atoms with E-state index >= 15 is 0 Å². The van der Waals surface area contributed by atoms with Crippen LogP contribution in [-0.2, 0) is 0 Å². The molecule has 0 rings (SSSR count). The van der Waals surface area contributed by atoms with Gasteiger partial charge in [0.15, 0.2) is 0 Å². The minimum atomic E-state index is 0.834. The second-order valence-corrected chi connectivity index (χ2v) is 12.0. The van der Waals surface area contributed by atoms with Gasteiger partial charge in [-0.2, -0.15) is 0 Å². The van der Waals surface area contributed by atoms with E-state index < -0.39 is 0 Å². The Kier molecular flexibility index (Phi) is 31.1. The molecule has 1 unspecified atom stereocenters. The van der Waals surface area contributed by atoms with E-state index in [-0.39, 0.29) is 0 Å². The molecule has 1 nitrogen and oxygen atoms in total. The second-order valence-electron chi connectivity index (χ2n) is 12.0. The Morgan fingerprint density at radius 2 is 0.667 bits per heavy atom. The van der Waals surface area contributed by atoms with E-state index in [9.17, 15) is 0 Å². The van der Waals surface area contributed by atoms with Crippen LogP contribution in [0.25, 0.3) is 0 Å². The van der Waals surface area contributed by atoms with Crippen molar-refractivity contribution in [3.63, 3.8) is 0 Å². The first-order chi connectivity index (χ1) is 17.8. The Morgan fingerprint density at radius 1 is 0.361 bits per heavy atom. The molecule has 36 heavy (non-hydrogen) atoms. The van der Waals surface area contributed by atoms with Crippen LogP contribution in [0.15, 0.2) is 0 Å². The molecule has 0 bridgehead atoms. The van der Waals surface area contributed by atoms with E-state index in [0.29, 0.717) is 0 Å². The maximum absolute atomic E-state index is 2.80. The van der Waals surface area contributed by atoms with Crippen LogP contribution in [0.5, 0.6) is 0 Å². The average Bonchev–Trinajstić information content (AvgIpc) is 2.90. The predicted molar refractivity (Wildman–Crippen MR) is 167 cm³/mol. The molecule has 0 aromatic heterocycles. The third kappa shape index (κ3) is 25.6. The molecule has 0 saturated heterocycles. The van der Waals surface area contributed by atoms with Gasteiger partial charge in [0.1, 0.15) is 0 Å². The fourth-order valence-corrected chi connectivity index (χ4v) is 5.97. The van der Waals surface area contributed by atoms with E-state index in [0.717, 1.165) is 6.04 Å². The first kappa shape index (κ1) is 36.0. The Hall–Kier alpha value is -0.0400. The summed E-state index contributed by atoms with van der Waals surface area (Å²) in [5.74, 6) is 0. The van der Waals surface area contributed by atoms with Crippen molar-refractivity contribution in [1.82, 2.24) is 4.90 Å². The normalized spacial score (nSPS) is 12.6. The molecule has 0 heterocycles. The summed E-state index contributed by atoms with van der Waals surface area (Å²) in [5, 5.41) is 0. The summed E-state index contributed by atoms with van der Waals surface area (Å²) in [4.78, 5) is 2.80. The lowest BCUT2D eigenvalue weighted by atomic mass is 10.0. The zero-order valence-electron chi connectivity index (χ0n) is 26.2. The van der Waals surface area contributed by atoms with Crippen LogP contribution in [0, 0.1) is 0 Å². The molecule has 0 N–H and O–H groups in total. The van der Waals surface area contributed by atoms with Crippen LogP contribution in [0.4, 0.5) is 0 Å². The molecule has 0 fully saturated rings. The molecule has 1 atom stereocenters. The van der Waals surface area contributed by atoms with E-state index in [1.165, 1.54) is 193 Å². The van der Waals surface area contributed by atoms with Crippen LogP contribution < -0.4 is 0 Å². The van der Waals surface area contributed by atoms with Crippen molar-refractivity contribution in [3.8, 4) is 0 Å². The number of hydrogen-bond acceptors (Lipinski definition) is 1. The van der Waals surface area contributed by atoms with Crippen molar-refractivity contribution >= 4 is 0 Å². The molecule has 0 amide bonds. The van der Waals surface area contributed by atoms with Crippen molar-refractivity contribution in [1.29, 1.82) is 0 Å². The molecule has 0 spiro atoms. The smallest absolute Gasteiger partial charge is 0.00925 e. The highest BCUT2D eigenvalue weighted by atomic mass is 15.1. The van der Waals surface area contributed by atoms with E-state index in [1.54, 1.807) is 0 Å².